The van der Waals surface area contributed by atoms with Crippen LogP contribution >= 0.6 is 0 Å². The number of hydrogen-bond acceptors (Lipinski definition) is 2. The number of nitrogens with zero attached hydrogens (tertiary/aromatic N) is 1. The van der Waals surface area contributed by atoms with Gasteiger partial charge in [-0.2, -0.15) is 0 Å². The van der Waals surface area contributed by atoms with E-state index in [0.717, 1.165) is 11.6 Å². The monoisotopic (exact) mass is 351 g/mol. The van der Waals surface area contributed by atoms with Crippen molar-refractivity contribution in [3.8, 4) is 5.75 Å². The second kappa shape index (κ2) is 6.51. The molecule has 0 aliphatic rings. The van der Waals surface area contributed by atoms with Gasteiger partial charge in [0.1, 0.15) is 11.4 Å². The lowest BCUT2D eigenvalue weighted by atomic mass is 10.0. The van der Waals surface area contributed by atoms with Crippen LogP contribution in [-0.2, 0) is 0 Å². The maximum absolute atomic E-state index is 13.7. The van der Waals surface area contributed by atoms with Crippen LogP contribution in [-0.4, -0.2) is 13.3 Å². The van der Waals surface area contributed by atoms with Crippen LogP contribution in [0.2, 0.25) is 0 Å². The SMILES string of the molecule is COc1ccc2ccccc2c1C=Nc1c(F)c(F)c(F)c(F)c1F. The molecule has 0 saturated carbocycles. The second-order valence-electron chi connectivity index (χ2n) is 5.08. The van der Waals surface area contributed by atoms with E-state index in [1.165, 1.54) is 7.11 Å². The molecule has 0 aromatic heterocycles. The molecular weight excluding hydrogens is 341 g/mol. The Balaban J connectivity index is 2.20. The first kappa shape index (κ1) is 16.9. The summed E-state index contributed by atoms with van der Waals surface area (Å²) in [5, 5.41) is 1.44. The van der Waals surface area contributed by atoms with Gasteiger partial charge in [-0.1, -0.05) is 30.3 Å². The van der Waals surface area contributed by atoms with E-state index in [2.05, 4.69) is 4.99 Å². The fourth-order valence-electron chi connectivity index (χ4n) is 2.42. The van der Waals surface area contributed by atoms with Crippen molar-refractivity contribution < 1.29 is 26.7 Å². The smallest absolute Gasteiger partial charge is 0.200 e. The lowest BCUT2D eigenvalue weighted by Gasteiger charge is -2.09. The Hall–Kier alpha value is -2.96. The van der Waals surface area contributed by atoms with Crippen LogP contribution in [0.5, 0.6) is 5.75 Å². The molecule has 0 spiro atoms. The van der Waals surface area contributed by atoms with Crippen LogP contribution in [0.15, 0.2) is 41.4 Å². The molecule has 3 rings (SSSR count). The third kappa shape index (κ3) is 2.82. The predicted octanol–water partition coefficient (Wildman–Crippen LogP) is 5.29. The van der Waals surface area contributed by atoms with Crippen molar-refractivity contribution in [3.05, 3.63) is 71.0 Å². The van der Waals surface area contributed by atoms with Crippen molar-refractivity contribution in [3.63, 3.8) is 0 Å². The lowest BCUT2D eigenvalue weighted by molar-refractivity contribution is 0.381. The van der Waals surface area contributed by atoms with E-state index in [9.17, 15) is 22.0 Å². The van der Waals surface area contributed by atoms with Crippen LogP contribution in [0.1, 0.15) is 5.56 Å². The average molecular weight is 351 g/mol. The zero-order valence-electron chi connectivity index (χ0n) is 12.8. The first-order valence-corrected chi connectivity index (χ1v) is 7.07. The second-order valence-corrected chi connectivity index (χ2v) is 5.08. The first-order chi connectivity index (χ1) is 12.0. The Morgan fingerprint density at radius 1 is 0.800 bits per heavy atom. The van der Waals surface area contributed by atoms with Gasteiger partial charge in [0.15, 0.2) is 23.3 Å². The first-order valence-electron chi connectivity index (χ1n) is 7.07. The number of aliphatic imine (C=N–C) groups is 1. The molecule has 0 aliphatic heterocycles. The summed E-state index contributed by atoms with van der Waals surface area (Å²) in [4.78, 5) is 3.50. The van der Waals surface area contributed by atoms with Crippen molar-refractivity contribution in [1.82, 2.24) is 0 Å². The van der Waals surface area contributed by atoms with E-state index in [0.29, 0.717) is 16.7 Å². The topological polar surface area (TPSA) is 21.6 Å². The molecule has 0 unspecified atom stereocenters. The van der Waals surface area contributed by atoms with Crippen molar-refractivity contribution in [1.29, 1.82) is 0 Å². The van der Waals surface area contributed by atoms with E-state index >= 15 is 0 Å². The molecule has 7 heteroatoms. The van der Waals surface area contributed by atoms with Gasteiger partial charge in [-0.25, -0.2) is 26.9 Å². The quantitative estimate of drug-likeness (QED) is 0.272. The molecule has 3 aromatic rings. The highest BCUT2D eigenvalue weighted by Crippen LogP contribution is 2.31. The molecule has 0 radical (unpaired) electrons. The van der Waals surface area contributed by atoms with E-state index < -0.39 is 34.8 Å². The summed E-state index contributed by atoms with van der Waals surface area (Å²) >= 11 is 0. The average Bonchev–Trinajstić information content (AvgIpc) is 2.64. The van der Waals surface area contributed by atoms with Crippen molar-refractivity contribution in [2.75, 3.05) is 7.11 Å². The van der Waals surface area contributed by atoms with Crippen LogP contribution in [0.4, 0.5) is 27.6 Å². The van der Waals surface area contributed by atoms with Crippen molar-refractivity contribution in [2.45, 2.75) is 0 Å². The summed E-state index contributed by atoms with van der Waals surface area (Å²) in [6.07, 6.45) is 1.01. The molecule has 0 aliphatic carbocycles. The summed E-state index contributed by atoms with van der Waals surface area (Å²) in [5.41, 5.74) is -0.907. The molecule has 0 amide bonds. The number of halogens is 5. The third-order valence-electron chi connectivity index (χ3n) is 3.66. The van der Waals surface area contributed by atoms with E-state index in [4.69, 9.17) is 4.74 Å². The number of hydrogen-bond donors (Lipinski definition) is 0. The van der Waals surface area contributed by atoms with Gasteiger partial charge in [-0.05, 0) is 16.8 Å². The molecule has 0 saturated heterocycles. The molecule has 3 aromatic carbocycles. The maximum Gasteiger partial charge on any atom is 0.200 e. The van der Waals surface area contributed by atoms with Gasteiger partial charge in [0.25, 0.3) is 0 Å². The highest BCUT2D eigenvalue weighted by molar-refractivity contribution is 6.03. The predicted molar refractivity (Wildman–Crippen MR) is 84.0 cm³/mol. The largest absolute Gasteiger partial charge is 0.496 e. The summed E-state index contributed by atoms with van der Waals surface area (Å²) in [5.74, 6) is -9.96. The molecule has 0 N–H and O–H groups in total. The number of ether oxygens (including phenoxy) is 1. The van der Waals surface area contributed by atoms with Gasteiger partial charge in [0.05, 0.1) is 7.11 Å². The number of fused-ring (bicyclic) bond motifs is 1. The molecular formula is C18H10F5NO. The lowest BCUT2D eigenvalue weighted by Crippen LogP contribution is -2.01. The maximum atomic E-state index is 13.7. The molecule has 0 atom stereocenters. The fraction of sp³-hybridized carbons (Fsp3) is 0.0556. The third-order valence-corrected chi connectivity index (χ3v) is 3.66. The standard InChI is InChI=1S/C18H10F5NO/c1-25-12-7-6-9-4-2-3-5-10(9)11(12)8-24-18-16(22)14(20)13(19)15(21)17(18)23/h2-8H,1H3. The Bertz CT molecular complexity index is 971. The van der Waals surface area contributed by atoms with E-state index in [-0.39, 0.29) is 0 Å². The summed E-state index contributed by atoms with van der Waals surface area (Å²) < 4.78 is 72.3. The molecule has 25 heavy (non-hydrogen) atoms. The van der Waals surface area contributed by atoms with Gasteiger partial charge in [-0.3, -0.25) is 0 Å². The van der Waals surface area contributed by atoms with Crippen LogP contribution in [0.25, 0.3) is 10.8 Å². The summed E-state index contributed by atoms with van der Waals surface area (Å²) in [6, 6.07) is 10.4. The minimum Gasteiger partial charge on any atom is -0.496 e. The Labute approximate surface area is 139 Å². The Kier molecular flexibility index (Phi) is 4.39. The van der Waals surface area contributed by atoms with Crippen LogP contribution < -0.4 is 4.74 Å². The molecule has 0 fully saturated rings. The Morgan fingerprint density at radius 2 is 1.40 bits per heavy atom. The van der Waals surface area contributed by atoms with Gasteiger partial charge >= 0.3 is 0 Å². The van der Waals surface area contributed by atoms with Gasteiger partial charge < -0.3 is 4.74 Å². The normalized spacial score (nSPS) is 11.4. The number of benzene rings is 3. The minimum absolute atomic E-state index is 0.339. The molecule has 0 bridgehead atoms. The Morgan fingerprint density at radius 3 is 2.04 bits per heavy atom. The summed E-state index contributed by atoms with van der Waals surface area (Å²) in [6.45, 7) is 0. The fourth-order valence-corrected chi connectivity index (χ4v) is 2.42. The molecule has 128 valence electrons. The molecule has 2 nitrogen and oxygen atoms in total. The van der Waals surface area contributed by atoms with Gasteiger partial charge in [-0.15, -0.1) is 0 Å². The van der Waals surface area contributed by atoms with Gasteiger partial charge in [0.2, 0.25) is 5.82 Å². The van der Waals surface area contributed by atoms with E-state index in [1.54, 1.807) is 36.4 Å². The van der Waals surface area contributed by atoms with E-state index in [1.807, 2.05) is 0 Å². The minimum atomic E-state index is -2.23. The zero-order chi connectivity index (χ0) is 18.1. The highest BCUT2D eigenvalue weighted by atomic mass is 19.2. The highest BCUT2D eigenvalue weighted by Gasteiger charge is 2.25. The molecule has 0 heterocycles. The number of rotatable bonds is 3. The number of methoxy groups -OCH3 is 1. The summed E-state index contributed by atoms with van der Waals surface area (Å²) in [7, 11) is 1.39. The van der Waals surface area contributed by atoms with Crippen molar-refractivity contribution in [2.24, 2.45) is 4.99 Å². The van der Waals surface area contributed by atoms with Crippen molar-refractivity contribution >= 4 is 22.7 Å². The van der Waals surface area contributed by atoms with Crippen LogP contribution in [0.3, 0.4) is 0 Å². The zero-order valence-corrected chi connectivity index (χ0v) is 12.8. The van der Waals surface area contributed by atoms with Gasteiger partial charge in [0, 0.05) is 11.8 Å². The van der Waals surface area contributed by atoms with Crippen LogP contribution in [0, 0.1) is 29.1 Å².